The lowest BCUT2D eigenvalue weighted by Gasteiger charge is -2.11. The van der Waals surface area contributed by atoms with Crippen molar-refractivity contribution >= 4 is 27.5 Å². The van der Waals surface area contributed by atoms with Crippen molar-refractivity contribution < 1.29 is 23.1 Å². The molecule has 0 spiro atoms. The number of amides is 1. The Balaban J connectivity index is 1.99. The third-order valence-corrected chi connectivity index (χ3v) is 4.35. The van der Waals surface area contributed by atoms with Crippen LogP contribution in [-0.4, -0.2) is 11.0 Å². The highest BCUT2D eigenvalue weighted by Gasteiger charge is 2.17. The number of hydrogen-bond donors (Lipinski definition) is 2. The van der Waals surface area contributed by atoms with Crippen LogP contribution in [0.4, 0.5) is 18.9 Å². The fourth-order valence-corrected chi connectivity index (χ4v) is 2.85. The number of nitrogens with one attached hydrogen (secondary N) is 1. The molecule has 0 aromatic heterocycles. The van der Waals surface area contributed by atoms with Gasteiger partial charge in [-0.3, -0.25) is 4.79 Å². The summed E-state index contributed by atoms with van der Waals surface area (Å²) in [6, 6.07) is 11.1. The van der Waals surface area contributed by atoms with Gasteiger partial charge in [0.2, 0.25) is 0 Å². The smallest absolute Gasteiger partial charge is 0.259 e. The fraction of sp³-hybridized carbons (Fsp3) is 0. The number of anilines is 1. The second kappa shape index (κ2) is 7.21. The molecule has 0 bridgehead atoms. The van der Waals surface area contributed by atoms with E-state index >= 15 is 0 Å². The minimum atomic E-state index is -0.807. The van der Waals surface area contributed by atoms with Crippen molar-refractivity contribution in [3.63, 3.8) is 0 Å². The highest BCUT2D eigenvalue weighted by molar-refractivity contribution is 9.10. The van der Waals surface area contributed by atoms with E-state index in [2.05, 4.69) is 21.2 Å². The molecule has 0 saturated heterocycles. The molecule has 3 rings (SSSR count). The summed E-state index contributed by atoms with van der Waals surface area (Å²) in [5, 5.41) is 12.3. The largest absolute Gasteiger partial charge is 0.507 e. The van der Waals surface area contributed by atoms with Gasteiger partial charge in [-0.15, -0.1) is 0 Å². The summed E-state index contributed by atoms with van der Waals surface area (Å²) in [7, 11) is 0. The van der Waals surface area contributed by atoms with Crippen LogP contribution in [0.25, 0.3) is 11.1 Å². The molecule has 132 valence electrons. The van der Waals surface area contributed by atoms with E-state index in [1.807, 2.05) is 0 Å². The molecule has 3 aromatic rings. The van der Waals surface area contributed by atoms with Gasteiger partial charge in [0.1, 0.15) is 23.2 Å². The van der Waals surface area contributed by atoms with E-state index in [-0.39, 0.29) is 28.1 Å². The third-order valence-electron chi connectivity index (χ3n) is 3.68. The van der Waals surface area contributed by atoms with Crippen LogP contribution >= 0.6 is 15.9 Å². The second-order valence-corrected chi connectivity index (χ2v) is 6.26. The molecule has 1 amide bonds. The zero-order chi connectivity index (χ0) is 18.8. The van der Waals surface area contributed by atoms with Gasteiger partial charge >= 0.3 is 0 Å². The maximum Gasteiger partial charge on any atom is 0.259 e. The van der Waals surface area contributed by atoms with Crippen molar-refractivity contribution in [3.05, 3.63) is 82.1 Å². The zero-order valence-corrected chi connectivity index (χ0v) is 14.6. The van der Waals surface area contributed by atoms with Gasteiger partial charge in [-0.05, 0) is 57.9 Å². The van der Waals surface area contributed by atoms with Crippen LogP contribution < -0.4 is 5.32 Å². The lowest BCUT2D eigenvalue weighted by atomic mass is 10.0. The van der Waals surface area contributed by atoms with E-state index in [0.717, 1.165) is 12.1 Å². The number of carbonyl (C=O) groups excluding carboxylic acids is 1. The van der Waals surface area contributed by atoms with Gasteiger partial charge in [0, 0.05) is 16.1 Å². The number of carbonyl (C=O) groups is 1. The fourth-order valence-electron chi connectivity index (χ4n) is 2.41. The van der Waals surface area contributed by atoms with E-state index in [0.29, 0.717) is 4.47 Å². The number of phenolic OH excluding ortho intramolecular Hbond substituents is 1. The molecule has 0 aliphatic rings. The van der Waals surface area contributed by atoms with Gasteiger partial charge in [0.25, 0.3) is 5.91 Å². The first kappa shape index (κ1) is 18.0. The molecule has 2 N–H and O–H groups in total. The lowest BCUT2D eigenvalue weighted by Crippen LogP contribution is -2.14. The van der Waals surface area contributed by atoms with Crippen LogP contribution in [-0.2, 0) is 0 Å². The maximum atomic E-state index is 14.0. The molecule has 0 atom stereocenters. The second-order valence-electron chi connectivity index (χ2n) is 5.41. The van der Waals surface area contributed by atoms with E-state index in [1.165, 1.54) is 36.4 Å². The SMILES string of the molecule is O=C(Nc1c(F)cccc1Br)c1cc(-c2ccc(F)cc2F)ccc1O. The van der Waals surface area contributed by atoms with E-state index in [9.17, 15) is 23.1 Å². The maximum absolute atomic E-state index is 14.0. The first-order valence-electron chi connectivity index (χ1n) is 7.40. The molecular weight excluding hydrogens is 411 g/mol. The summed E-state index contributed by atoms with van der Waals surface area (Å²) in [6.45, 7) is 0. The number of phenols is 1. The summed E-state index contributed by atoms with van der Waals surface area (Å²) in [5.74, 6) is -3.34. The molecular formula is C19H11BrF3NO2. The molecule has 0 heterocycles. The van der Waals surface area contributed by atoms with Gasteiger partial charge in [-0.25, -0.2) is 13.2 Å². The quantitative estimate of drug-likeness (QED) is 0.587. The van der Waals surface area contributed by atoms with Gasteiger partial charge in [0.15, 0.2) is 0 Å². The molecule has 0 aliphatic carbocycles. The lowest BCUT2D eigenvalue weighted by molar-refractivity contribution is 0.102. The van der Waals surface area contributed by atoms with Crippen molar-refractivity contribution in [2.45, 2.75) is 0 Å². The monoisotopic (exact) mass is 421 g/mol. The van der Waals surface area contributed by atoms with Crippen LogP contribution in [0, 0.1) is 17.5 Å². The number of benzene rings is 3. The molecule has 26 heavy (non-hydrogen) atoms. The Morgan fingerprint density at radius 1 is 0.962 bits per heavy atom. The molecule has 0 aliphatic heterocycles. The van der Waals surface area contributed by atoms with Crippen LogP contribution in [0.1, 0.15) is 10.4 Å². The number of rotatable bonds is 3. The topological polar surface area (TPSA) is 49.3 Å². The van der Waals surface area contributed by atoms with Gasteiger partial charge in [0.05, 0.1) is 11.3 Å². The number of aromatic hydroxyl groups is 1. The van der Waals surface area contributed by atoms with Crippen LogP contribution in [0.15, 0.2) is 59.1 Å². The summed E-state index contributed by atoms with van der Waals surface area (Å²) in [6.07, 6.45) is 0. The molecule has 0 fully saturated rings. The summed E-state index contributed by atoms with van der Waals surface area (Å²) in [5.41, 5.74) is 0.0576. The third kappa shape index (κ3) is 3.57. The molecule has 7 heteroatoms. The Kier molecular flexibility index (Phi) is 4.99. The zero-order valence-electron chi connectivity index (χ0n) is 13.1. The van der Waals surface area contributed by atoms with E-state index < -0.39 is 23.4 Å². The minimum absolute atomic E-state index is 0.0625. The Labute approximate surface area is 155 Å². The number of hydrogen-bond acceptors (Lipinski definition) is 2. The molecule has 0 radical (unpaired) electrons. The first-order chi connectivity index (χ1) is 12.4. The molecule has 3 aromatic carbocycles. The predicted molar refractivity (Wildman–Crippen MR) is 95.5 cm³/mol. The van der Waals surface area contributed by atoms with Crippen LogP contribution in [0.3, 0.4) is 0 Å². The number of halogens is 4. The molecule has 0 saturated carbocycles. The highest BCUT2D eigenvalue weighted by Crippen LogP contribution is 2.30. The van der Waals surface area contributed by atoms with E-state index in [1.54, 1.807) is 6.07 Å². The molecule has 3 nitrogen and oxygen atoms in total. The van der Waals surface area contributed by atoms with Crippen molar-refractivity contribution in [3.8, 4) is 16.9 Å². The van der Waals surface area contributed by atoms with Gasteiger partial charge in [-0.2, -0.15) is 0 Å². The molecule has 0 unspecified atom stereocenters. The Bertz CT molecular complexity index is 988. The van der Waals surface area contributed by atoms with Crippen molar-refractivity contribution in [2.24, 2.45) is 0 Å². The van der Waals surface area contributed by atoms with Gasteiger partial charge < -0.3 is 10.4 Å². The summed E-state index contributed by atoms with van der Waals surface area (Å²) in [4.78, 5) is 12.4. The van der Waals surface area contributed by atoms with Crippen molar-refractivity contribution in [1.82, 2.24) is 0 Å². The minimum Gasteiger partial charge on any atom is -0.507 e. The van der Waals surface area contributed by atoms with Crippen LogP contribution in [0.5, 0.6) is 5.75 Å². The highest BCUT2D eigenvalue weighted by atomic mass is 79.9. The van der Waals surface area contributed by atoms with Crippen LogP contribution in [0.2, 0.25) is 0 Å². The summed E-state index contributed by atoms with van der Waals surface area (Å²) >= 11 is 3.13. The normalized spacial score (nSPS) is 10.6. The number of para-hydroxylation sites is 1. The van der Waals surface area contributed by atoms with Crippen molar-refractivity contribution in [1.29, 1.82) is 0 Å². The Hall–Kier alpha value is -2.80. The average Bonchev–Trinajstić information content (AvgIpc) is 2.59. The average molecular weight is 422 g/mol. The van der Waals surface area contributed by atoms with Crippen molar-refractivity contribution in [2.75, 3.05) is 5.32 Å². The van der Waals surface area contributed by atoms with E-state index in [4.69, 9.17) is 0 Å². The summed E-state index contributed by atoms with van der Waals surface area (Å²) < 4.78 is 41.2. The van der Waals surface area contributed by atoms with Gasteiger partial charge in [-0.1, -0.05) is 12.1 Å². The predicted octanol–water partition coefficient (Wildman–Crippen LogP) is 5.49. The first-order valence-corrected chi connectivity index (χ1v) is 8.20. The standard InChI is InChI=1S/C19H11BrF3NO2/c20-14-2-1-3-15(22)18(14)24-19(26)13-8-10(4-7-17(13)25)12-6-5-11(21)9-16(12)23/h1-9,25H,(H,24,26). The Morgan fingerprint density at radius 3 is 2.42 bits per heavy atom. The Morgan fingerprint density at radius 2 is 1.73 bits per heavy atom.